The lowest BCUT2D eigenvalue weighted by Gasteiger charge is -2.18. The van der Waals surface area contributed by atoms with E-state index < -0.39 is 0 Å². The molecule has 94 valence electrons. The molecule has 0 aromatic carbocycles. The fraction of sp³-hybridized carbons (Fsp3) is 0.786. The molecule has 0 saturated heterocycles. The maximum Gasteiger partial charge on any atom is 0.0962 e. The van der Waals surface area contributed by atoms with E-state index in [-0.39, 0.29) is 0 Å². The Morgan fingerprint density at radius 3 is 2.65 bits per heavy atom. The molecular weight excluding hydrogens is 228 g/mol. The molecule has 2 aliphatic carbocycles. The Morgan fingerprint density at radius 1 is 1.18 bits per heavy atom. The zero-order chi connectivity index (χ0) is 11.7. The molecule has 2 saturated carbocycles. The highest BCUT2D eigenvalue weighted by molar-refractivity contribution is 7.11. The van der Waals surface area contributed by atoms with Gasteiger partial charge in [0, 0.05) is 23.4 Å². The molecule has 2 aliphatic rings. The third-order valence-electron chi connectivity index (χ3n) is 3.99. The van der Waals surface area contributed by atoms with Crippen LogP contribution in [-0.2, 0) is 6.54 Å². The molecule has 3 heteroatoms. The van der Waals surface area contributed by atoms with Crippen LogP contribution in [0.2, 0.25) is 0 Å². The van der Waals surface area contributed by atoms with E-state index in [4.69, 9.17) is 4.98 Å². The van der Waals surface area contributed by atoms with Gasteiger partial charge in [-0.1, -0.05) is 19.3 Å². The predicted molar refractivity (Wildman–Crippen MR) is 72.5 cm³/mol. The minimum Gasteiger partial charge on any atom is -0.309 e. The van der Waals surface area contributed by atoms with Crippen molar-refractivity contribution in [2.75, 3.05) is 0 Å². The lowest BCUT2D eigenvalue weighted by Crippen LogP contribution is -2.14. The van der Waals surface area contributed by atoms with Crippen molar-refractivity contribution in [2.45, 2.75) is 70.4 Å². The van der Waals surface area contributed by atoms with E-state index in [1.165, 1.54) is 60.5 Å². The van der Waals surface area contributed by atoms with Crippen molar-refractivity contribution in [1.29, 1.82) is 0 Å². The van der Waals surface area contributed by atoms with Crippen molar-refractivity contribution in [3.63, 3.8) is 0 Å². The lowest BCUT2D eigenvalue weighted by molar-refractivity contribution is 0.442. The number of thiazole rings is 1. The minimum absolute atomic E-state index is 0.766. The topological polar surface area (TPSA) is 24.9 Å². The van der Waals surface area contributed by atoms with E-state index in [1.54, 1.807) is 0 Å². The van der Waals surface area contributed by atoms with E-state index in [9.17, 15) is 0 Å². The second-order valence-corrected chi connectivity index (χ2v) is 6.67. The van der Waals surface area contributed by atoms with E-state index in [0.717, 1.165) is 18.5 Å². The molecule has 0 aliphatic heterocycles. The molecule has 0 spiro atoms. The Labute approximate surface area is 108 Å². The lowest BCUT2D eigenvalue weighted by atomic mass is 9.90. The highest BCUT2D eigenvalue weighted by Crippen LogP contribution is 2.36. The van der Waals surface area contributed by atoms with Gasteiger partial charge in [0.2, 0.25) is 0 Å². The van der Waals surface area contributed by atoms with Gasteiger partial charge in [-0.05, 0) is 32.6 Å². The number of aryl methyl sites for hydroxylation is 1. The quantitative estimate of drug-likeness (QED) is 0.880. The van der Waals surface area contributed by atoms with Gasteiger partial charge in [-0.15, -0.1) is 11.3 Å². The van der Waals surface area contributed by atoms with Crippen LogP contribution in [0.15, 0.2) is 0 Å². The molecule has 0 radical (unpaired) electrons. The van der Waals surface area contributed by atoms with Gasteiger partial charge in [0.05, 0.1) is 10.7 Å². The van der Waals surface area contributed by atoms with Crippen LogP contribution >= 0.6 is 11.3 Å². The molecule has 1 aromatic rings. The molecule has 17 heavy (non-hydrogen) atoms. The Balaban J connectivity index is 1.65. The SMILES string of the molecule is Cc1nc(C2CCCCC2)sc1CNC1CC1. The van der Waals surface area contributed by atoms with Gasteiger partial charge in [-0.3, -0.25) is 0 Å². The van der Waals surface area contributed by atoms with E-state index in [0.29, 0.717) is 0 Å². The van der Waals surface area contributed by atoms with Crippen LogP contribution in [0.25, 0.3) is 0 Å². The number of nitrogens with zero attached hydrogens (tertiary/aromatic N) is 1. The molecule has 0 bridgehead atoms. The van der Waals surface area contributed by atoms with E-state index in [1.807, 2.05) is 11.3 Å². The molecule has 2 fully saturated rings. The van der Waals surface area contributed by atoms with Crippen molar-refractivity contribution in [2.24, 2.45) is 0 Å². The third-order valence-corrected chi connectivity index (χ3v) is 5.31. The van der Waals surface area contributed by atoms with Gasteiger partial charge in [0.25, 0.3) is 0 Å². The maximum absolute atomic E-state index is 4.81. The first-order chi connectivity index (χ1) is 8.33. The summed E-state index contributed by atoms with van der Waals surface area (Å²) in [5, 5.41) is 5.01. The summed E-state index contributed by atoms with van der Waals surface area (Å²) in [6, 6.07) is 0.801. The zero-order valence-electron chi connectivity index (χ0n) is 10.7. The number of hydrogen-bond donors (Lipinski definition) is 1. The number of rotatable bonds is 4. The minimum atomic E-state index is 0.766. The largest absolute Gasteiger partial charge is 0.309 e. The zero-order valence-corrected chi connectivity index (χ0v) is 11.5. The normalized spacial score (nSPS) is 21.9. The van der Waals surface area contributed by atoms with Gasteiger partial charge >= 0.3 is 0 Å². The first kappa shape index (κ1) is 11.7. The number of nitrogens with one attached hydrogen (secondary N) is 1. The Morgan fingerprint density at radius 2 is 1.94 bits per heavy atom. The summed E-state index contributed by atoms with van der Waals surface area (Å²) >= 11 is 1.96. The first-order valence-electron chi connectivity index (χ1n) is 7.02. The predicted octanol–water partition coefficient (Wildman–Crippen LogP) is 3.75. The van der Waals surface area contributed by atoms with Crippen LogP contribution in [-0.4, -0.2) is 11.0 Å². The average molecular weight is 250 g/mol. The van der Waals surface area contributed by atoms with E-state index in [2.05, 4.69) is 12.2 Å². The Hall–Kier alpha value is -0.410. The molecule has 0 amide bonds. The first-order valence-corrected chi connectivity index (χ1v) is 7.84. The molecule has 0 atom stereocenters. The monoisotopic (exact) mass is 250 g/mol. The Kier molecular flexibility index (Phi) is 3.48. The van der Waals surface area contributed by atoms with Crippen LogP contribution in [0.5, 0.6) is 0 Å². The van der Waals surface area contributed by atoms with Crippen molar-refractivity contribution in [3.8, 4) is 0 Å². The van der Waals surface area contributed by atoms with Crippen molar-refractivity contribution >= 4 is 11.3 Å². The summed E-state index contributed by atoms with van der Waals surface area (Å²) in [4.78, 5) is 6.28. The second kappa shape index (κ2) is 5.07. The van der Waals surface area contributed by atoms with Crippen molar-refractivity contribution < 1.29 is 0 Å². The van der Waals surface area contributed by atoms with Crippen molar-refractivity contribution in [3.05, 3.63) is 15.6 Å². The number of hydrogen-bond acceptors (Lipinski definition) is 3. The van der Waals surface area contributed by atoms with Crippen LogP contribution in [0, 0.1) is 6.92 Å². The summed E-state index contributed by atoms with van der Waals surface area (Å²) in [5.74, 6) is 0.766. The van der Waals surface area contributed by atoms with Gasteiger partial charge < -0.3 is 5.32 Å². The highest BCUT2D eigenvalue weighted by atomic mass is 32.1. The third kappa shape index (κ3) is 2.89. The van der Waals surface area contributed by atoms with Crippen molar-refractivity contribution in [1.82, 2.24) is 10.3 Å². The second-order valence-electron chi connectivity index (χ2n) is 5.55. The molecule has 2 nitrogen and oxygen atoms in total. The summed E-state index contributed by atoms with van der Waals surface area (Å²) in [6.07, 6.45) is 9.69. The fourth-order valence-corrected chi connectivity index (χ4v) is 3.85. The summed E-state index contributed by atoms with van der Waals surface area (Å²) in [6.45, 7) is 3.22. The standard InChI is InChI=1S/C14H22N2S/c1-10-13(9-15-12-7-8-12)17-14(16-10)11-5-3-2-4-6-11/h11-12,15H,2-9H2,1H3. The molecule has 0 unspecified atom stereocenters. The average Bonchev–Trinajstić information content (AvgIpc) is 3.12. The molecule has 1 heterocycles. The molecule has 1 N–H and O–H groups in total. The smallest absolute Gasteiger partial charge is 0.0962 e. The summed E-state index contributed by atoms with van der Waals surface area (Å²) in [7, 11) is 0. The Bertz CT molecular complexity index is 376. The molecular formula is C14H22N2S. The molecule has 1 aromatic heterocycles. The van der Waals surface area contributed by atoms with Crippen LogP contribution in [0.1, 0.15) is 66.4 Å². The van der Waals surface area contributed by atoms with Gasteiger partial charge in [-0.25, -0.2) is 4.98 Å². The maximum atomic E-state index is 4.81. The molecule has 3 rings (SSSR count). The van der Waals surface area contributed by atoms with Gasteiger partial charge in [-0.2, -0.15) is 0 Å². The van der Waals surface area contributed by atoms with Crippen LogP contribution in [0.4, 0.5) is 0 Å². The summed E-state index contributed by atoms with van der Waals surface area (Å²) in [5.41, 5.74) is 1.27. The summed E-state index contributed by atoms with van der Waals surface area (Å²) < 4.78 is 0. The highest BCUT2D eigenvalue weighted by Gasteiger charge is 2.23. The van der Waals surface area contributed by atoms with Crippen LogP contribution < -0.4 is 5.32 Å². The van der Waals surface area contributed by atoms with E-state index >= 15 is 0 Å². The number of aromatic nitrogens is 1. The van der Waals surface area contributed by atoms with Gasteiger partial charge in [0.15, 0.2) is 0 Å². The van der Waals surface area contributed by atoms with Gasteiger partial charge in [0.1, 0.15) is 0 Å². The van der Waals surface area contributed by atoms with Crippen LogP contribution in [0.3, 0.4) is 0 Å². The fourth-order valence-electron chi connectivity index (χ4n) is 2.66.